The summed E-state index contributed by atoms with van der Waals surface area (Å²) in [6, 6.07) is 11.6. The van der Waals surface area contributed by atoms with Crippen molar-refractivity contribution < 1.29 is 17.9 Å². The van der Waals surface area contributed by atoms with E-state index in [0.29, 0.717) is 41.5 Å². The number of carbonyl (C=O) groups is 1. The molecular weight excluding hydrogens is 474 g/mol. The van der Waals surface area contributed by atoms with E-state index in [4.69, 9.17) is 9.72 Å². The first-order valence-corrected chi connectivity index (χ1v) is 12.8. The fourth-order valence-corrected chi connectivity index (χ4v) is 5.35. The third kappa shape index (κ3) is 4.81. The van der Waals surface area contributed by atoms with Crippen LogP contribution in [-0.2, 0) is 16.6 Å². The Bertz CT molecular complexity index is 1380. The molecule has 0 N–H and O–H groups in total. The third-order valence-corrected chi connectivity index (χ3v) is 8.18. The maximum Gasteiger partial charge on any atom is 0.260 e. The number of imidazole rings is 1. The number of amides is 1. The summed E-state index contributed by atoms with van der Waals surface area (Å²) in [5, 5.41) is 0.556. The van der Waals surface area contributed by atoms with Crippen molar-refractivity contribution in [3.63, 3.8) is 0 Å². The minimum Gasteiger partial charge on any atom is -0.494 e. The van der Waals surface area contributed by atoms with Crippen molar-refractivity contribution in [3.05, 3.63) is 66.7 Å². The summed E-state index contributed by atoms with van der Waals surface area (Å²) in [6.07, 6.45) is 6.01. The molecule has 0 aliphatic carbocycles. The number of rotatable bonds is 9. The molecule has 0 fully saturated rings. The van der Waals surface area contributed by atoms with Gasteiger partial charge < -0.3 is 9.30 Å². The van der Waals surface area contributed by atoms with Gasteiger partial charge in [-0.2, -0.15) is 0 Å². The summed E-state index contributed by atoms with van der Waals surface area (Å²) < 4.78 is 34.2. The Hall–Kier alpha value is -3.28. The van der Waals surface area contributed by atoms with E-state index in [1.165, 1.54) is 49.7 Å². The van der Waals surface area contributed by atoms with Gasteiger partial charge in [-0.05, 0) is 42.8 Å². The molecule has 0 aliphatic rings. The number of hydrogen-bond donors (Lipinski definition) is 0. The van der Waals surface area contributed by atoms with Crippen LogP contribution < -0.4 is 9.64 Å². The van der Waals surface area contributed by atoms with Gasteiger partial charge in [-0.25, -0.2) is 22.7 Å². The van der Waals surface area contributed by atoms with Crippen molar-refractivity contribution in [2.75, 3.05) is 32.6 Å². The van der Waals surface area contributed by atoms with Crippen LogP contribution in [0.5, 0.6) is 5.75 Å². The van der Waals surface area contributed by atoms with Gasteiger partial charge in [-0.15, -0.1) is 0 Å². The molecule has 11 heteroatoms. The second kappa shape index (κ2) is 9.92. The molecule has 0 spiro atoms. The topological polar surface area (TPSA) is 97.6 Å². The zero-order valence-electron chi connectivity index (χ0n) is 19.1. The normalized spacial score (nSPS) is 11.8. The highest BCUT2D eigenvalue weighted by Crippen LogP contribution is 2.34. The van der Waals surface area contributed by atoms with Crippen molar-refractivity contribution in [1.29, 1.82) is 0 Å². The van der Waals surface area contributed by atoms with Crippen LogP contribution in [0, 0.1) is 0 Å². The average Bonchev–Trinajstić information content (AvgIpc) is 3.51. The number of benzene rings is 2. The summed E-state index contributed by atoms with van der Waals surface area (Å²) in [7, 11) is 0.948. The summed E-state index contributed by atoms with van der Waals surface area (Å²) in [6.45, 7) is 1.12. The fraction of sp³-hybridized carbons (Fsp3) is 0.261. The number of fused-ring (bicyclic) bond motifs is 1. The van der Waals surface area contributed by atoms with Gasteiger partial charge in [0.15, 0.2) is 5.13 Å². The van der Waals surface area contributed by atoms with Crippen molar-refractivity contribution in [3.8, 4) is 5.75 Å². The molecule has 4 rings (SSSR count). The van der Waals surface area contributed by atoms with Crippen molar-refractivity contribution in [2.24, 2.45) is 0 Å². The Balaban J connectivity index is 1.65. The molecule has 178 valence electrons. The minimum absolute atomic E-state index is 0.130. The van der Waals surface area contributed by atoms with Crippen LogP contribution in [0.1, 0.15) is 16.8 Å². The standard InChI is InChI=1S/C23H25N5O4S2/c1-26(2)34(30,31)18-10-8-17(9-11-18)22(29)28(14-5-13-27-15-12-24-16-27)23-25-21-19(32-3)6-4-7-20(21)33-23/h4,6-12,15-16H,5,13-14H2,1-3H3. The Kier molecular flexibility index (Phi) is 6.96. The van der Waals surface area contributed by atoms with Gasteiger partial charge in [0.1, 0.15) is 11.3 Å². The Morgan fingerprint density at radius 1 is 1.15 bits per heavy atom. The zero-order chi connectivity index (χ0) is 24.3. The van der Waals surface area contributed by atoms with Gasteiger partial charge in [-0.3, -0.25) is 9.69 Å². The molecule has 2 aromatic heterocycles. The number of para-hydroxylation sites is 1. The number of aromatic nitrogens is 3. The van der Waals surface area contributed by atoms with Gasteiger partial charge in [-0.1, -0.05) is 17.4 Å². The van der Waals surface area contributed by atoms with E-state index in [0.717, 1.165) is 9.01 Å². The number of hydrogen-bond acceptors (Lipinski definition) is 7. The van der Waals surface area contributed by atoms with E-state index >= 15 is 0 Å². The Morgan fingerprint density at radius 3 is 2.56 bits per heavy atom. The molecule has 0 radical (unpaired) electrons. The minimum atomic E-state index is -3.58. The lowest BCUT2D eigenvalue weighted by atomic mass is 10.2. The summed E-state index contributed by atoms with van der Waals surface area (Å²) in [4.78, 5) is 24.1. The first kappa shape index (κ1) is 23.9. The van der Waals surface area contributed by atoms with Crippen LogP contribution in [0.3, 0.4) is 0 Å². The molecule has 2 aromatic carbocycles. The van der Waals surface area contributed by atoms with Crippen molar-refractivity contribution >= 4 is 42.6 Å². The first-order chi connectivity index (χ1) is 16.3. The monoisotopic (exact) mass is 499 g/mol. The number of ether oxygens (including phenoxy) is 1. The van der Waals surface area contributed by atoms with E-state index in [1.807, 2.05) is 29.0 Å². The number of methoxy groups -OCH3 is 1. The van der Waals surface area contributed by atoms with Crippen LogP contribution >= 0.6 is 11.3 Å². The van der Waals surface area contributed by atoms with Crippen LogP contribution in [0.2, 0.25) is 0 Å². The lowest BCUT2D eigenvalue weighted by Gasteiger charge is -2.20. The average molecular weight is 500 g/mol. The Morgan fingerprint density at radius 2 is 1.91 bits per heavy atom. The highest BCUT2D eigenvalue weighted by atomic mass is 32.2. The molecular formula is C23H25N5O4S2. The van der Waals surface area contributed by atoms with E-state index in [1.54, 1.807) is 24.5 Å². The molecule has 0 saturated heterocycles. The summed E-state index contributed by atoms with van der Waals surface area (Å²) in [5.41, 5.74) is 1.08. The maximum atomic E-state index is 13.5. The van der Waals surface area contributed by atoms with Gasteiger partial charge in [0.05, 0.1) is 23.0 Å². The molecule has 2 heterocycles. The molecule has 0 bridgehead atoms. The molecule has 1 amide bonds. The summed E-state index contributed by atoms with van der Waals surface area (Å²) in [5.74, 6) is 0.390. The zero-order valence-corrected chi connectivity index (χ0v) is 20.7. The molecule has 9 nitrogen and oxygen atoms in total. The molecule has 0 saturated carbocycles. The number of nitrogens with zero attached hydrogens (tertiary/aromatic N) is 5. The Labute approximate surface area is 202 Å². The van der Waals surface area contributed by atoms with E-state index < -0.39 is 10.0 Å². The van der Waals surface area contributed by atoms with Crippen LogP contribution in [0.15, 0.2) is 66.1 Å². The lowest BCUT2D eigenvalue weighted by Crippen LogP contribution is -2.32. The predicted molar refractivity (Wildman–Crippen MR) is 132 cm³/mol. The highest BCUT2D eigenvalue weighted by molar-refractivity contribution is 7.89. The van der Waals surface area contributed by atoms with Crippen molar-refractivity contribution in [2.45, 2.75) is 17.9 Å². The second-order valence-corrected chi connectivity index (χ2v) is 10.9. The molecule has 0 atom stereocenters. The van der Waals surface area contributed by atoms with Crippen LogP contribution in [0.4, 0.5) is 5.13 Å². The number of aryl methyl sites for hydroxylation is 1. The van der Waals surface area contributed by atoms with E-state index in [9.17, 15) is 13.2 Å². The van der Waals surface area contributed by atoms with Gasteiger partial charge >= 0.3 is 0 Å². The van der Waals surface area contributed by atoms with Crippen molar-refractivity contribution in [1.82, 2.24) is 18.8 Å². The summed E-state index contributed by atoms with van der Waals surface area (Å²) >= 11 is 1.41. The molecule has 4 aromatic rings. The molecule has 0 aliphatic heterocycles. The van der Waals surface area contributed by atoms with Gasteiger partial charge in [0, 0.05) is 45.1 Å². The largest absolute Gasteiger partial charge is 0.494 e. The van der Waals surface area contributed by atoms with Gasteiger partial charge in [0.2, 0.25) is 10.0 Å². The van der Waals surface area contributed by atoms with Gasteiger partial charge in [0.25, 0.3) is 5.91 Å². The number of sulfonamides is 1. The number of carbonyl (C=O) groups excluding carboxylic acids is 1. The van der Waals surface area contributed by atoms with E-state index in [-0.39, 0.29) is 10.8 Å². The second-order valence-electron chi connectivity index (χ2n) is 7.73. The first-order valence-electron chi connectivity index (χ1n) is 10.5. The quantitative estimate of drug-likeness (QED) is 0.350. The number of thiazole rings is 1. The predicted octanol–water partition coefficient (Wildman–Crippen LogP) is 3.49. The maximum absolute atomic E-state index is 13.5. The smallest absolute Gasteiger partial charge is 0.260 e. The molecule has 34 heavy (non-hydrogen) atoms. The third-order valence-electron chi connectivity index (χ3n) is 5.30. The lowest BCUT2D eigenvalue weighted by molar-refractivity contribution is 0.0986. The highest BCUT2D eigenvalue weighted by Gasteiger charge is 2.23. The fourth-order valence-electron chi connectivity index (χ4n) is 3.44. The molecule has 0 unspecified atom stereocenters. The van der Waals surface area contributed by atoms with Crippen LogP contribution in [0.25, 0.3) is 10.2 Å². The van der Waals surface area contributed by atoms with Crippen LogP contribution in [-0.4, -0.2) is 60.9 Å². The van der Waals surface area contributed by atoms with E-state index in [2.05, 4.69) is 4.98 Å². The number of anilines is 1. The SMILES string of the molecule is COc1cccc2sc(N(CCCn3ccnc3)C(=O)c3ccc(S(=O)(=O)N(C)C)cc3)nc12.